The summed E-state index contributed by atoms with van der Waals surface area (Å²) in [6.45, 7) is 10.8. The number of anilines is 2. The highest BCUT2D eigenvalue weighted by atomic mass is 79.9. The monoisotopic (exact) mass is 418 g/mol. The van der Waals surface area contributed by atoms with E-state index in [2.05, 4.69) is 37.1 Å². The molecular formula is C21H15BrN4O. The average Bonchev–Trinajstić information content (AvgIpc) is 2.67. The molecule has 0 aliphatic rings. The van der Waals surface area contributed by atoms with Gasteiger partial charge >= 0.3 is 0 Å². The molecule has 6 heteroatoms. The summed E-state index contributed by atoms with van der Waals surface area (Å²) >= 11 is 3.47. The van der Waals surface area contributed by atoms with Gasteiger partial charge < -0.3 is 10.1 Å². The first-order valence-electron chi connectivity index (χ1n) is 8.09. The largest absolute Gasteiger partial charge is 0.455 e. The van der Waals surface area contributed by atoms with Crippen LogP contribution in [0.1, 0.15) is 16.7 Å². The van der Waals surface area contributed by atoms with E-state index in [1.54, 1.807) is 36.5 Å². The molecule has 0 saturated heterocycles. The quantitative estimate of drug-likeness (QED) is 0.496. The van der Waals surface area contributed by atoms with Gasteiger partial charge in [-0.3, -0.25) is 0 Å². The fourth-order valence-corrected chi connectivity index (χ4v) is 2.92. The van der Waals surface area contributed by atoms with Gasteiger partial charge in [-0.05, 0) is 65.2 Å². The minimum Gasteiger partial charge on any atom is -0.455 e. The molecule has 5 nitrogen and oxygen atoms in total. The van der Waals surface area contributed by atoms with E-state index in [4.69, 9.17) is 16.6 Å². The van der Waals surface area contributed by atoms with Gasteiger partial charge in [0.1, 0.15) is 17.3 Å². The molecule has 1 N–H and O–H groups in total. The Balaban J connectivity index is 1.88. The third-order valence-corrected chi connectivity index (χ3v) is 4.49. The molecule has 0 spiro atoms. The molecule has 0 bridgehead atoms. The van der Waals surface area contributed by atoms with Crippen LogP contribution in [0.3, 0.4) is 0 Å². The summed E-state index contributed by atoms with van der Waals surface area (Å²) < 4.78 is 6.83. The van der Waals surface area contributed by atoms with Gasteiger partial charge in [-0.15, -0.1) is 0 Å². The van der Waals surface area contributed by atoms with E-state index in [9.17, 15) is 0 Å². The Labute approximate surface area is 166 Å². The van der Waals surface area contributed by atoms with Crippen molar-refractivity contribution in [3.05, 3.63) is 81.2 Å². The normalized spacial score (nSPS) is 9.96. The van der Waals surface area contributed by atoms with Gasteiger partial charge in [0.15, 0.2) is 5.69 Å². The van der Waals surface area contributed by atoms with Gasteiger partial charge in [0.05, 0.1) is 22.7 Å². The molecule has 0 aliphatic carbocycles. The van der Waals surface area contributed by atoms with Crippen LogP contribution in [0.5, 0.6) is 11.5 Å². The van der Waals surface area contributed by atoms with Gasteiger partial charge in [0.25, 0.3) is 0 Å². The molecular weight excluding hydrogens is 404 g/mol. The summed E-state index contributed by atoms with van der Waals surface area (Å²) in [6, 6.07) is 14.7. The van der Waals surface area contributed by atoms with Crippen molar-refractivity contribution >= 4 is 33.1 Å². The molecule has 2 aromatic carbocycles. The number of benzene rings is 2. The molecule has 0 amide bonds. The second-order valence-corrected chi connectivity index (χ2v) is 6.79. The third kappa shape index (κ3) is 4.25. The number of nitrogens with zero attached hydrogens (tertiary/aromatic N) is 3. The van der Waals surface area contributed by atoms with Gasteiger partial charge in [-0.2, -0.15) is 5.26 Å². The molecule has 0 aliphatic heterocycles. The number of hydrogen-bond donors (Lipinski definition) is 1. The van der Waals surface area contributed by atoms with E-state index in [0.717, 1.165) is 21.3 Å². The Hall–Kier alpha value is -3.35. The Kier molecular flexibility index (Phi) is 5.40. The van der Waals surface area contributed by atoms with Gasteiger partial charge in [-0.1, -0.05) is 12.1 Å². The van der Waals surface area contributed by atoms with Crippen LogP contribution in [0, 0.1) is 31.8 Å². The first kappa shape index (κ1) is 18.4. The topological polar surface area (TPSA) is 62.3 Å². The minimum atomic E-state index is 0.583. The van der Waals surface area contributed by atoms with Crippen molar-refractivity contribution in [2.24, 2.45) is 0 Å². The molecule has 0 saturated carbocycles. The molecule has 1 aromatic heterocycles. The van der Waals surface area contributed by atoms with E-state index in [-0.39, 0.29) is 0 Å². The number of nitrogens with one attached hydrogen (secondary N) is 1. The van der Waals surface area contributed by atoms with Crippen LogP contribution >= 0.6 is 15.9 Å². The smallest absolute Gasteiger partial charge is 0.187 e. The second-order valence-electron chi connectivity index (χ2n) is 5.94. The highest BCUT2D eigenvalue weighted by molar-refractivity contribution is 9.10. The molecule has 0 radical (unpaired) electrons. The Morgan fingerprint density at radius 1 is 1.15 bits per heavy atom. The first-order valence-corrected chi connectivity index (χ1v) is 8.88. The summed E-state index contributed by atoms with van der Waals surface area (Å²) in [5, 5.41) is 12.3. The number of aromatic nitrogens is 1. The first-order chi connectivity index (χ1) is 13.0. The Morgan fingerprint density at radius 2 is 1.81 bits per heavy atom. The maximum atomic E-state index is 9.09. The van der Waals surface area contributed by atoms with Crippen molar-refractivity contribution in [3.63, 3.8) is 0 Å². The van der Waals surface area contributed by atoms with Gasteiger partial charge in [-0.25, -0.2) is 9.83 Å². The van der Waals surface area contributed by atoms with E-state index in [0.29, 0.717) is 28.6 Å². The second kappa shape index (κ2) is 7.90. The number of pyridine rings is 1. The number of hydrogen-bond acceptors (Lipinski definition) is 4. The summed E-state index contributed by atoms with van der Waals surface area (Å²) in [5.41, 5.74) is 3.80. The Morgan fingerprint density at radius 3 is 2.41 bits per heavy atom. The average molecular weight is 419 g/mol. The van der Waals surface area contributed by atoms with E-state index in [1.807, 2.05) is 26.0 Å². The number of nitriles is 1. The summed E-state index contributed by atoms with van der Waals surface area (Å²) in [4.78, 5) is 7.73. The van der Waals surface area contributed by atoms with E-state index >= 15 is 0 Å². The number of rotatable bonds is 4. The predicted molar refractivity (Wildman–Crippen MR) is 109 cm³/mol. The predicted octanol–water partition coefficient (Wildman–Crippen LogP) is 6.42. The number of ether oxygens (including phenoxy) is 1. The fourth-order valence-electron chi connectivity index (χ4n) is 2.62. The van der Waals surface area contributed by atoms with E-state index < -0.39 is 0 Å². The zero-order valence-corrected chi connectivity index (χ0v) is 16.3. The lowest BCUT2D eigenvalue weighted by atomic mass is 10.1. The molecule has 27 heavy (non-hydrogen) atoms. The van der Waals surface area contributed by atoms with Crippen molar-refractivity contribution in [1.29, 1.82) is 5.26 Å². The maximum Gasteiger partial charge on any atom is 0.187 e. The van der Waals surface area contributed by atoms with Gasteiger partial charge in [0, 0.05) is 18.0 Å². The van der Waals surface area contributed by atoms with Crippen molar-refractivity contribution < 1.29 is 4.74 Å². The summed E-state index contributed by atoms with van der Waals surface area (Å²) in [7, 11) is 0. The highest BCUT2D eigenvalue weighted by Crippen LogP contribution is 2.35. The highest BCUT2D eigenvalue weighted by Gasteiger charge is 2.11. The number of aryl methyl sites for hydroxylation is 2. The molecule has 3 rings (SSSR count). The minimum absolute atomic E-state index is 0.583. The maximum absolute atomic E-state index is 9.09. The van der Waals surface area contributed by atoms with Crippen molar-refractivity contribution in [2.45, 2.75) is 13.8 Å². The van der Waals surface area contributed by atoms with Crippen molar-refractivity contribution in [3.8, 4) is 17.6 Å². The third-order valence-electron chi connectivity index (χ3n) is 3.89. The van der Waals surface area contributed by atoms with Crippen LogP contribution in [0.4, 0.5) is 17.2 Å². The fraction of sp³-hybridized carbons (Fsp3) is 0.0952. The lowest BCUT2D eigenvalue weighted by Crippen LogP contribution is -1.97. The van der Waals surface area contributed by atoms with Crippen molar-refractivity contribution in [1.82, 2.24) is 4.98 Å². The molecule has 0 unspecified atom stereocenters. The molecule has 0 fully saturated rings. The van der Waals surface area contributed by atoms with Crippen molar-refractivity contribution in [2.75, 3.05) is 5.32 Å². The molecule has 3 aromatic rings. The van der Waals surface area contributed by atoms with Crippen LogP contribution in [0.2, 0.25) is 0 Å². The van der Waals surface area contributed by atoms with Crippen LogP contribution < -0.4 is 10.1 Å². The Bertz CT molecular complexity index is 1060. The lowest BCUT2D eigenvalue weighted by Gasteiger charge is -2.14. The lowest BCUT2D eigenvalue weighted by molar-refractivity contribution is 0.471. The van der Waals surface area contributed by atoms with Crippen LogP contribution in [0.15, 0.2) is 53.1 Å². The number of halogens is 1. The SMILES string of the molecule is [C-]#[N+]c1ccc(Nc2cc(Oc3c(C)cc(C#N)cc3C)c(Br)cn2)cc1. The molecule has 0 atom stereocenters. The zero-order chi connectivity index (χ0) is 19.4. The molecule has 132 valence electrons. The van der Waals surface area contributed by atoms with Crippen LogP contribution in [-0.2, 0) is 0 Å². The standard InChI is InChI=1S/C21H15BrN4O/c1-13-8-15(11-23)9-14(2)21(13)27-19-10-20(25-12-18(19)22)26-17-6-4-16(24-3)5-7-17/h4-10,12H,1-2H3,(H,25,26). The summed E-state index contributed by atoms with van der Waals surface area (Å²) in [6.07, 6.45) is 1.67. The van der Waals surface area contributed by atoms with Crippen LogP contribution in [-0.4, -0.2) is 4.98 Å². The van der Waals surface area contributed by atoms with E-state index in [1.165, 1.54) is 0 Å². The zero-order valence-electron chi connectivity index (χ0n) is 14.7. The van der Waals surface area contributed by atoms with Gasteiger partial charge in [0.2, 0.25) is 0 Å². The summed E-state index contributed by atoms with van der Waals surface area (Å²) in [5.74, 6) is 1.95. The molecule has 1 heterocycles. The van der Waals surface area contributed by atoms with Crippen LogP contribution in [0.25, 0.3) is 4.85 Å².